The number of piperazine rings is 1. The highest BCUT2D eigenvalue weighted by Gasteiger charge is 2.79. The van der Waals surface area contributed by atoms with E-state index < -0.39 is 37.9 Å². The van der Waals surface area contributed by atoms with Gasteiger partial charge in [-0.15, -0.1) is 4.48 Å². The SMILES string of the molecule is CCN1CCN(CCc2ccccc2S(=O)(=O)N(F)C2(C(=O)O)C3COc4ccccc4C32)CC1. The van der Waals surface area contributed by atoms with E-state index in [1.165, 1.54) is 12.1 Å². The molecule has 2 heterocycles. The zero-order chi connectivity index (χ0) is 24.8. The first kappa shape index (κ1) is 24.2. The van der Waals surface area contributed by atoms with Crippen molar-refractivity contribution in [3.8, 4) is 5.75 Å². The summed E-state index contributed by atoms with van der Waals surface area (Å²) >= 11 is 0. The Labute approximate surface area is 204 Å². The number of para-hydroxylation sites is 1. The van der Waals surface area contributed by atoms with Crippen LogP contribution in [-0.2, 0) is 21.2 Å². The van der Waals surface area contributed by atoms with Gasteiger partial charge in [0, 0.05) is 50.1 Å². The van der Waals surface area contributed by atoms with Crippen LogP contribution in [0, 0.1) is 5.92 Å². The molecule has 8 nitrogen and oxygen atoms in total. The molecule has 2 fully saturated rings. The van der Waals surface area contributed by atoms with Crippen LogP contribution in [-0.4, -0.2) is 85.2 Å². The van der Waals surface area contributed by atoms with E-state index in [2.05, 4.69) is 16.7 Å². The topological polar surface area (TPSA) is 90.4 Å². The first-order chi connectivity index (χ1) is 16.8. The van der Waals surface area contributed by atoms with Crippen molar-refractivity contribution in [2.24, 2.45) is 5.92 Å². The van der Waals surface area contributed by atoms with Crippen molar-refractivity contribution in [3.63, 3.8) is 0 Å². The molecule has 3 aliphatic rings. The molecule has 1 saturated heterocycles. The monoisotopic (exact) mass is 503 g/mol. The van der Waals surface area contributed by atoms with Crippen LogP contribution in [0.25, 0.3) is 0 Å². The largest absolute Gasteiger partial charge is 0.493 e. The Morgan fingerprint density at radius 2 is 1.77 bits per heavy atom. The van der Waals surface area contributed by atoms with Crippen LogP contribution in [0.4, 0.5) is 4.48 Å². The van der Waals surface area contributed by atoms with E-state index in [9.17, 15) is 18.3 Å². The van der Waals surface area contributed by atoms with Gasteiger partial charge in [0.2, 0.25) is 0 Å². The highest BCUT2D eigenvalue weighted by molar-refractivity contribution is 7.89. The fourth-order valence-electron chi connectivity index (χ4n) is 5.63. The predicted molar refractivity (Wildman–Crippen MR) is 127 cm³/mol. The first-order valence-electron chi connectivity index (χ1n) is 12.0. The van der Waals surface area contributed by atoms with Gasteiger partial charge in [-0.3, -0.25) is 4.79 Å². The minimum absolute atomic E-state index is 0.0602. The summed E-state index contributed by atoms with van der Waals surface area (Å²) in [4.78, 5) is 16.9. The number of aliphatic carboxylic acids is 1. The summed E-state index contributed by atoms with van der Waals surface area (Å²) in [5.74, 6) is -2.67. The maximum Gasteiger partial charge on any atom is 0.329 e. The molecule has 1 saturated carbocycles. The number of likely N-dealkylation sites (N-methyl/N-ethyl adjacent to an activating group) is 1. The number of rotatable bonds is 8. The van der Waals surface area contributed by atoms with E-state index in [0.717, 1.165) is 32.7 Å². The number of carbonyl (C=O) groups is 1. The van der Waals surface area contributed by atoms with Crippen LogP contribution in [0.1, 0.15) is 24.0 Å². The zero-order valence-electron chi connectivity index (χ0n) is 19.6. The third-order valence-corrected chi connectivity index (χ3v) is 9.39. The molecule has 3 unspecified atom stereocenters. The molecular weight excluding hydrogens is 473 g/mol. The summed E-state index contributed by atoms with van der Waals surface area (Å²) in [6.45, 7) is 7.42. The van der Waals surface area contributed by atoms with E-state index in [1.807, 2.05) is 0 Å². The van der Waals surface area contributed by atoms with Crippen molar-refractivity contribution < 1.29 is 27.5 Å². The number of benzene rings is 2. The highest BCUT2D eigenvalue weighted by atomic mass is 32.2. The van der Waals surface area contributed by atoms with Gasteiger partial charge in [0.15, 0.2) is 5.54 Å². The van der Waals surface area contributed by atoms with Crippen LogP contribution >= 0.6 is 0 Å². The number of fused-ring (bicyclic) bond motifs is 3. The predicted octanol–water partition coefficient (Wildman–Crippen LogP) is 2.37. The van der Waals surface area contributed by atoms with Crippen LogP contribution in [0.15, 0.2) is 53.4 Å². The van der Waals surface area contributed by atoms with Crippen molar-refractivity contribution in [1.29, 1.82) is 0 Å². The molecule has 35 heavy (non-hydrogen) atoms. The lowest BCUT2D eigenvalue weighted by Gasteiger charge is -2.34. The molecule has 2 aromatic carbocycles. The molecule has 0 spiro atoms. The second kappa shape index (κ2) is 9.16. The first-order valence-corrected chi connectivity index (χ1v) is 13.4. The molecule has 188 valence electrons. The maximum absolute atomic E-state index is 16.0. The Morgan fingerprint density at radius 3 is 2.49 bits per heavy atom. The second-order valence-corrected chi connectivity index (χ2v) is 11.1. The summed E-state index contributed by atoms with van der Waals surface area (Å²) in [5, 5.41) is 10.1. The van der Waals surface area contributed by atoms with Crippen LogP contribution < -0.4 is 4.74 Å². The van der Waals surface area contributed by atoms with Gasteiger partial charge in [-0.25, -0.2) is 8.42 Å². The summed E-state index contributed by atoms with van der Waals surface area (Å²) in [7, 11) is -4.73. The van der Waals surface area contributed by atoms with Gasteiger partial charge in [0.25, 0.3) is 10.0 Å². The molecule has 5 rings (SSSR count). The van der Waals surface area contributed by atoms with Crippen molar-refractivity contribution in [2.45, 2.75) is 29.7 Å². The number of ether oxygens (including phenoxy) is 1. The number of carboxylic acids is 1. The number of nitrogens with zero attached hydrogens (tertiary/aromatic N) is 3. The van der Waals surface area contributed by atoms with E-state index in [1.54, 1.807) is 36.4 Å². The average Bonchev–Trinajstić information content (AvgIpc) is 3.58. The van der Waals surface area contributed by atoms with E-state index in [4.69, 9.17) is 4.74 Å². The van der Waals surface area contributed by atoms with E-state index in [-0.39, 0.29) is 11.5 Å². The van der Waals surface area contributed by atoms with Crippen molar-refractivity contribution in [3.05, 3.63) is 59.7 Å². The highest BCUT2D eigenvalue weighted by Crippen LogP contribution is 2.66. The third kappa shape index (κ3) is 3.92. The average molecular weight is 504 g/mol. The van der Waals surface area contributed by atoms with Gasteiger partial charge in [-0.05, 0) is 35.2 Å². The van der Waals surface area contributed by atoms with Gasteiger partial charge in [-0.2, -0.15) is 0 Å². The number of sulfonamides is 1. The van der Waals surface area contributed by atoms with Gasteiger partial charge >= 0.3 is 5.97 Å². The summed E-state index contributed by atoms with van der Waals surface area (Å²) in [5.41, 5.74) is -1.23. The zero-order valence-corrected chi connectivity index (χ0v) is 20.5. The summed E-state index contributed by atoms with van der Waals surface area (Å²) < 4.78 is 48.4. The quantitative estimate of drug-likeness (QED) is 0.553. The van der Waals surface area contributed by atoms with Crippen molar-refractivity contribution in [1.82, 2.24) is 14.3 Å². The lowest BCUT2D eigenvalue weighted by atomic mass is 10.0. The molecule has 1 aliphatic carbocycles. The van der Waals surface area contributed by atoms with Crippen molar-refractivity contribution in [2.75, 3.05) is 45.9 Å². The van der Waals surface area contributed by atoms with E-state index >= 15 is 4.48 Å². The Kier molecular flexibility index (Phi) is 6.33. The standard InChI is InChI=1S/C25H30FN3O5S/c1-2-27-13-15-28(16-14-27)12-11-18-7-3-6-10-22(18)35(32,33)29(26)25(24(30)31)20-17-34-21-9-5-4-8-19(21)23(20)25/h3-10,20,23H,2,11-17H2,1H3,(H,30,31). The summed E-state index contributed by atoms with van der Waals surface area (Å²) in [6, 6.07) is 13.1. The molecule has 0 bridgehead atoms. The number of hydrogen-bond donors (Lipinski definition) is 1. The van der Waals surface area contributed by atoms with E-state index in [0.29, 0.717) is 29.8 Å². The fraction of sp³-hybridized carbons (Fsp3) is 0.480. The molecule has 2 aliphatic heterocycles. The molecular formula is C25H30FN3O5S. The molecule has 0 radical (unpaired) electrons. The van der Waals surface area contributed by atoms with Gasteiger partial charge in [0.05, 0.1) is 11.5 Å². The third-order valence-electron chi connectivity index (χ3n) is 7.71. The Bertz CT molecular complexity index is 1220. The van der Waals surface area contributed by atoms with Gasteiger partial charge < -0.3 is 19.6 Å². The molecule has 10 heteroatoms. The molecule has 1 N–H and O–H groups in total. The Balaban J connectivity index is 1.41. The van der Waals surface area contributed by atoms with Gasteiger partial charge in [-0.1, -0.05) is 43.3 Å². The number of halogens is 1. The maximum atomic E-state index is 16.0. The fourth-order valence-corrected chi connectivity index (χ4v) is 7.28. The molecule has 3 atom stereocenters. The minimum Gasteiger partial charge on any atom is -0.493 e. The van der Waals surface area contributed by atoms with Crippen LogP contribution in [0.2, 0.25) is 0 Å². The molecule has 0 amide bonds. The smallest absolute Gasteiger partial charge is 0.329 e. The lowest BCUT2D eigenvalue weighted by Crippen LogP contribution is -2.47. The Morgan fingerprint density at radius 1 is 1.11 bits per heavy atom. The lowest BCUT2D eigenvalue weighted by molar-refractivity contribution is -0.149. The summed E-state index contributed by atoms with van der Waals surface area (Å²) in [6.07, 6.45) is 0.425. The molecule has 0 aromatic heterocycles. The number of carboxylic acid groups (broad SMARTS) is 1. The van der Waals surface area contributed by atoms with Crippen LogP contribution in [0.5, 0.6) is 5.75 Å². The number of hydrogen-bond acceptors (Lipinski definition) is 6. The van der Waals surface area contributed by atoms with Crippen LogP contribution in [0.3, 0.4) is 0 Å². The van der Waals surface area contributed by atoms with Gasteiger partial charge in [0.1, 0.15) is 5.75 Å². The minimum atomic E-state index is -4.73. The molecule has 2 aromatic rings. The van der Waals surface area contributed by atoms with Crippen molar-refractivity contribution >= 4 is 16.0 Å². The normalized spacial score (nSPS) is 26.6. The Hall–Kier alpha value is -2.53. The second-order valence-electron chi connectivity index (χ2n) is 9.42.